The predicted octanol–water partition coefficient (Wildman–Crippen LogP) is 2.90. The molecule has 102 valence electrons. The van der Waals surface area contributed by atoms with E-state index in [2.05, 4.69) is 4.72 Å². The van der Waals surface area contributed by atoms with Crippen molar-refractivity contribution in [2.24, 2.45) is 5.41 Å². The van der Waals surface area contributed by atoms with E-state index in [0.717, 1.165) is 0 Å². The zero-order valence-corrected chi connectivity index (χ0v) is 12.7. The normalized spacial score (nSPS) is 12.7. The minimum Gasteiger partial charge on any atom is -0.396 e. The maximum atomic E-state index is 12.1. The van der Waals surface area contributed by atoms with Crippen molar-refractivity contribution >= 4 is 38.9 Å². The van der Waals surface area contributed by atoms with E-state index in [1.165, 1.54) is 12.1 Å². The third-order valence-electron chi connectivity index (χ3n) is 2.17. The maximum absolute atomic E-state index is 12.1. The van der Waals surface area contributed by atoms with Crippen LogP contribution < -0.4 is 10.5 Å². The Labute approximate surface area is 118 Å². The van der Waals surface area contributed by atoms with Gasteiger partial charge in [-0.3, -0.25) is 0 Å². The highest BCUT2D eigenvalue weighted by molar-refractivity contribution is 7.89. The molecule has 0 aliphatic carbocycles. The van der Waals surface area contributed by atoms with Gasteiger partial charge in [-0.2, -0.15) is 0 Å². The molecule has 0 radical (unpaired) electrons. The summed E-state index contributed by atoms with van der Waals surface area (Å²) >= 11 is 11.7. The lowest BCUT2D eigenvalue weighted by molar-refractivity contribution is 0.407. The fourth-order valence-corrected chi connectivity index (χ4v) is 3.19. The van der Waals surface area contributed by atoms with Crippen LogP contribution >= 0.6 is 23.2 Å². The van der Waals surface area contributed by atoms with Crippen LogP contribution in [0.5, 0.6) is 0 Å². The number of nitrogen functional groups attached to an aromatic ring is 1. The van der Waals surface area contributed by atoms with E-state index in [4.69, 9.17) is 28.9 Å². The van der Waals surface area contributed by atoms with E-state index in [1.807, 2.05) is 20.8 Å². The third kappa shape index (κ3) is 3.75. The molecule has 0 aromatic heterocycles. The summed E-state index contributed by atoms with van der Waals surface area (Å²) in [7, 11) is -3.68. The van der Waals surface area contributed by atoms with Crippen LogP contribution in [0, 0.1) is 5.41 Å². The van der Waals surface area contributed by atoms with Crippen molar-refractivity contribution in [1.29, 1.82) is 0 Å². The second kappa shape index (κ2) is 5.25. The molecule has 1 rings (SSSR count). The molecular formula is C11H16Cl2N2O2S. The molecule has 0 aliphatic rings. The highest BCUT2D eigenvalue weighted by Gasteiger charge is 2.22. The Kier molecular flexibility index (Phi) is 4.54. The molecule has 0 spiro atoms. The van der Waals surface area contributed by atoms with Crippen LogP contribution in [0.4, 0.5) is 5.69 Å². The molecule has 1 aromatic carbocycles. The van der Waals surface area contributed by atoms with Crippen molar-refractivity contribution in [2.75, 3.05) is 12.3 Å². The van der Waals surface area contributed by atoms with Crippen molar-refractivity contribution < 1.29 is 8.42 Å². The standard InChI is InChI=1S/C11H16Cl2N2O2S/c1-11(2,3)6-15-18(16,17)8-5-4-7(12)10(14)9(8)13/h4-5,15H,6,14H2,1-3H3. The van der Waals surface area contributed by atoms with E-state index >= 15 is 0 Å². The van der Waals surface area contributed by atoms with Crippen molar-refractivity contribution in [2.45, 2.75) is 25.7 Å². The van der Waals surface area contributed by atoms with Crippen LogP contribution in [0.15, 0.2) is 17.0 Å². The van der Waals surface area contributed by atoms with Gasteiger partial charge in [0.15, 0.2) is 0 Å². The number of nitrogens with one attached hydrogen (secondary N) is 1. The van der Waals surface area contributed by atoms with Gasteiger partial charge < -0.3 is 5.73 Å². The number of nitrogens with two attached hydrogens (primary N) is 1. The molecule has 0 saturated carbocycles. The van der Waals surface area contributed by atoms with Gasteiger partial charge in [-0.05, 0) is 17.5 Å². The topological polar surface area (TPSA) is 72.2 Å². The van der Waals surface area contributed by atoms with Crippen LogP contribution in [-0.2, 0) is 10.0 Å². The van der Waals surface area contributed by atoms with Gasteiger partial charge in [0.25, 0.3) is 0 Å². The molecule has 18 heavy (non-hydrogen) atoms. The summed E-state index contributed by atoms with van der Waals surface area (Å²) in [6.45, 7) is 6.07. The Morgan fingerprint density at radius 3 is 2.33 bits per heavy atom. The van der Waals surface area contributed by atoms with Gasteiger partial charge >= 0.3 is 0 Å². The SMILES string of the molecule is CC(C)(C)CNS(=O)(=O)c1ccc(Cl)c(N)c1Cl. The van der Waals surface area contributed by atoms with E-state index in [9.17, 15) is 8.42 Å². The first-order chi connectivity index (χ1) is 8.04. The fraction of sp³-hybridized carbons (Fsp3) is 0.455. The van der Waals surface area contributed by atoms with Crippen molar-refractivity contribution in [1.82, 2.24) is 4.72 Å². The molecule has 0 bridgehead atoms. The summed E-state index contributed by atoms with van der Waals surface area (Å²) < 4.78 is 26.6. The van der Waals surface area contributed by atoms with E-state index in [1.54, 1.807) is 0 Å². The number of halogens is 2. The van der Waals surface area contributed by atoms with Crippen molar-refractivity contribution in [3.05, 3.63) is 22.2 Å². The first-order valence-corrected chi connectivity index (χ1v) is 7.52. The average molecular weight is 311 g/mol. The fourth-order valence-electron chi connectivity index (χ4n) is 1.15. The molecular weight excluding hydrogens is 295 g/mol. The lowest BCUT2D eigenvalue weighted by Gasteiger charge is -2.19. The molecule has 7 heteroatoms. The number of benzene rings is 1. The van der Waals surface area contributed by atoms with E-state index in [-0.39, 0.29) is 26.0 Å². The molecule has 0 heterocycles. The molecule has 0 amide bonds. The zero-order valence-electron chi connectivity index (χ0n) is 10.4. The van der Waals surface area contributed by atoms with Crippen LogP contribution in [0.3, 0.4) is 0 Å². The molecule has 0 saturated heterocycles. The Morgan fingerprint density at radius 2 is 1.83 bits per heavy atom. The van der Waals surface area contributed by atoms with Crippen molar-refractivity contribution in [3.8, 4) is 0 Å². The van der Waals surface area contributed by atoms with Gasteiger partial charge in [0, 0.05) is 6.54 Å². The molecule has 0 atom stereocenters. The van der Waals surface area contributed by atoms with Crippen LogP contribution in [-0.4, -0.2) is 15.0 Å². The number of hydrogen-bond acceptors (Lipinski definition) is 3. The Morgan fingerprint density at radius 1 is 1.28 bits per heavy atom. The highest BCUT2D eigenvalue weighted by atomic mass is 35.5. The second-order valence-corrected chi connectivity index (χ2v) is 7.68. The largest absolute Gasteiger partial charge is 0.396 e. The molecule has 1 aromatic rings. The van der Waals surface area contributed by atoms with E-state index < -0.39 is 10.0 Å². The quantitative estimate of drug-likeness (QED) is 0.843. The van der Waals surface area contributed by atoms with Gasteiger partial charge in [-0.25, -0.2) is 13.1 Å². The zero-order chi connectivity index (χ0) is 14.1. The number of hydrogen-bond donors (Lipinski definition) is 2. The van der Waals surface area contributed by atoms with E-state index in [0.29, 0.717) is 6.54 Å². The first kappa shape index (κ1) is 15.6. The molecule has 4 nitrogen and oxygen atoms in total. The lowest BCUT2D eigenvalue weighted by atomic mass is 9.98. The summed E-state index contributed by atoms with van der Waals surface area (Å²) in [5.74, 6) is 0. The summed E-state index contributed by atoms with van der Waals surface area (Å²) in [5, 5.41) is 0.179. The molecule has 0 fully saturated rings. The predicted molar refractivity (Wildman–Crippen MR) is 75.5 cm³/mol. The monoisotopic (exact) mass is 310 g/mol. The Hall–Kier alpha value is -0.490. The maximum Gasteiger partial charge on any atom is 0.242 e. The minimum absolute atomic E-state index is 0.0519. The van der Waals surface area contributed by atoms with Crippen LogP contribution in [0.2, 0.25) is 10.0 Å². The van der Waals surface area contributed by atoms with Gasteiger partial charge in [0.1, 0.15) is 4.90 Å². The van der Waals surface area contributed by atoms with Crippen LogP contribution in [0.25, 0.3) is 0 Å². The average Bonchev–Trinajstić information content (AvgIpc) is 2.22. The number of sulfonamides is 1. The van der Waals surface area contributed by atoms with Crippen molar-refractivity contribution in [3.63, 3.8) is 0 Å². The summed E-state index contributed by atoms with van der Waals surface area (Å²) in [6.07, 6.45) is 0. The molecule has 0 unspecified atom stereocenters. The third-order valence-corrected chi connectivity index (χ3v) is 4.47. The molecule has 3 N–H and O–H groups in total. The molecule has 0 aliphatic heterocycles. The second-order valence-electron chi connectivity index (χ2n) is 5.16. The first-order valence-electron chi connectivity index (χ1n) is 5.28. The van der Waals surface area contributed by atoms with Gasteiger partial charge in [-0.15, -0.1) is 0 Å². The summed E-state index contributed by atoms with van der Waals surface area (Å²) in [5.41, 5.74) is 5.50. The van der Waals surface area contributed by atoms with Crippen LogP contribution in [0.1, 0.15) is 20.8 Å². The Balaban J connectivity index is 3.11. The number of anilines is 1. The Bertz CT molecular complexity index is 551. The summed E-state index contributed by atoms with van der Waals surface area (Å²) in [4.78, 5) is -0.0599. The van der Waals surface area contributed by atoms with Gasteiger partial charge in [-0.1, -0.05) is 44.0 Å². The highest BCUT2D eigenvalue weighted by Crippen LogP contribution is 2.33. The minimum atomic E-state index is -3.68. The lowest BCUT2D eigenvalue weighted by Crippen LogP contribution is -2.32. The smallest absolute Gasteiger partial charge is 0.242 e. The van der Waals surface area contributed by atoms with Gasteiger partial charge in [0.2, 0.25) is 10.0 Å². The van der Waals surface area contributed by atoms with Gasteiger partial charge in [0.05, 0.1) is 15.7 Å². The summed E-state index contributed by atoms with van der Waals surface area (Å²) in [6, 6.07) is 2.75. The number of rotatable bonds is 3.